The summed E-state index contributed by atoms with van der Waals surface area (Å²) < 4.78 is 6.73. The number of hydrogen-bond donors (Lipinski definition) is 1. The summed E-state index contributed by atoms with van der Waals surface area (Å²) in [5.41, 5.74) is 1.35. The Hall–Kier alpha value is -0.420. The second kappa shape index (κ2) is 7.39. The van der Waals surface area contributed by atoms with E-state index in [0.717, 1.165) is 37.3 Å². The largest absolute Gasteiger partial charge is 0.379 e. The Morgan fingerprint density at radius 1 is 1.32 bits per heavy atom. The summed E-state index contributed by atoms with van der Waals surface area (Å²) in [6, 6.07) is 9.06. The van der Waals surface area contributed by atoms with Crippen LogP contribution in [-0.4, -0.2) is 44.3 Å². The smallest absolute Gasteiger partial charge is 0.0623 e. The van der Waals surface area contributed by atoms with Crippen molar-refractivity contribution in [3.05, 3.63) is 34.3 Å². The van der Waals surface area contributed by atoms with Gasteiger partial charge in [-0.15, -0.1) is 0 Å². The fourth-order valence-corrected chi connectivity index (χ4v) is 2.90. The monoisotopic (exact) mass is 326 g/mol. The topological polar surface area (TPSA) is 24.5 Å². The first-order chi connectivity index (χ1) is 9.19. The first-order valence-electron chi connectivity index (χ1n) is 6.93. The van der Waals surface area contributed by atoms with E-state index in [2.05, 4.69) is 64.4 Å². The molecule has 1 N–H and O–H groups in total. The Labute approximate surface area is 124 Å². The SMILES string of the molecule is CCNC1COCC1CN(C)Cc1ccc(Br)cc1. The molecule has 1 aromatic carbocycles. The molecule has 0 amide bonds. The molecule has 2 rings (SSSR count). The molecule has 0 saturated carbocycles. The predicted octanol–water partition coefficient (Wildman–Crippen LogP) is 2.51. The predicted molar refractivity (Wildman–Crippen MR) is 82.2 cm³/mol. The normalized spacial score (nSPS) is 23.2. The number of likely N-dealkylation sites (N-methyl/N-ethyl adjacent to an activating group) is 1. The molecule has 3 nitrogen and oxygen atoms in total. The van der Waals surface area contributed by atoms with Gasteiger partial charge in [0.05, 0.1) is 13.2 Å². The third-order valence-electron chi connectivity index (χ3n) is 3.58. The molecule has 1 aliphatic heterocycles. The second-order valence-electron chi connectivity index (χ2n) is 5.28. The van der Waals surface area contributed by atoms with Crippen LogP contribution in [0.15, 0.2) is 28.7 Å². The van der Waals surface area contributed by atoms with E-state index < -0.39 is 0 Å². The number of halogens is 1. The number of ether oxygens (including phenoxy) is 1. The highest BCUT2D eigenvalue weighted by Gasteiger charge is 2.28. The van der Waals surface area contributed by atoms with Gasteiger partial charge in [-0.05, 0) is 31.3 Å². The van der Waals surface area contributed by atoms with Crippen LogP contribution in [0.3, 0.4) is 0 Å². The molecule has 1 heterocycles. The number of rotatable bonds is 6. The molecule has 19 heavy (non-hydrogen) atoms. The van der Waals surface area contributed by atoms with Gasteiger partial charge in [0, 0.05) is 29.5 Å². The molecule has 1 saturated heterocycles. The van der Waals surface area contributed by atoms with Crippen molar-refractivity contribution >= 4 is 15.9 Å². The minimum atomic E-state index is 0.511. The van der Waals surface area contributed by atoms with Crippen LogP contribution in [0, 0.1) is 5.92 Å². The van der Waals surface area contributed by atoms with E-state index in [9.17, 15) is 0 Å². The highest BCUT2D eigenvalue weighted by Crippen LogP contribution is 2.17. The summed E-state index contributed by atoms with van der Waals surface area (Å²) in [6.07, 6.45) is 0. The van der Waals surface area contributed by atoms with Gasteiger partial charge >= 0.3 is 0 Å². The van der Waals surface area contributed by atoms with Crippen LogP contribution in [0.5, 0.6) is 0 Å². The van der Waals surface area contributed by atoms with Gasteiger partial charge in [0.15, 0.2) is 0 Å². The van der Waals surface area contributed by atoms with Crippen LogP contribution in [0.2, 0.25) is 0 Å². The van der Waals surface area contributed by atoms with E-state index in [1.165, 1.54) is 5.56 Å². The minimum Gasteiger partial charge on any atom is -0.379 e. The Morgan fingerprint density at radius 3 is 2.74 bits per heavy atom. The van der Waals surface area contributed by atoms with Gasteiger partial charge < -0.3 is 15.0 Å². The lowest BCUT2D eigenvalue weighted by Crippen LogP contribution is -2.40. The van der Waals surface area contributed by atoms with E-state index in [4.69, 9.17) is 4.74 Å². The van der Waals surface area contributed by atoms with Crippen molar-refractivity contribution in [3.8, 4) is 0 Å². The quantitative estimate of drug-likeness (QED) is 0.869. The highest BCUT2D eigenvalue weighted by molar-refractivity contribution is 9.10. The van der Waals surface area contributed by atoms with Crippen molar-refractivity contribution < 1.29 is 4.74 Å². The number of nitrogens with one attached hydrogen (secondary N) is 1. The first-order valence-corrected chi connectivity index (χ1v) is 7.72. The lowest BCUT2D eigenvalue weighted by Gasteiger charge is -2.24. The zero-order chi connectivity index (χ0) is 13.7. The average Bonchev–Trinajstić information content (AvgIpc) is 2.80. The van der Waals surface area contributed by atoms with E-state index in [0.29, 0.717) is 12.0 Å². The zero-order valence-electron chi connectivity index (χ0n) is 11.7. The van der Waals surface area contributed by atoms with E-state index >= 15 is 0 Å². The van der Waals surface area contributed by atoms with E-state index in [1.807, 2.05) is 0 Å². The van der Waals surface area contributed by atoms with Crippen LogP contribution in [0.1, 0.15) is 12.5 Å². The van der Waals surface area contributed by atoms with Crippen LogP contribution in [0.25, 0.3) is 0 Å². The molecule has 2 unspecified atom stereocenters. The fourth-order valence-electron chi connectivity index (χ4n) is 2.63. The summed E-state index contributed by atoms with van der Waals surface area (Å²) in [6.45, 7) is 6.96. The van der Waals surface area contributed by atoms with Gasteiger partial charge in [-0.3, -0.25) is 0 Å². The van der Waals surface area contributed by atoms with Crippen molar-refractivity contribution in [2.24, 2.45) is 5.92 Å². The highest BCUT2D eigenvalue weighted by atomic mass is 79.9. The number of hydrogen-bond acceptors (Lipinski definition) is 3. The van der Waals surface area contributed by atoms with Crippen molar-refractivity contribution in [1.29, 1.82) is 0 Å². The van der Waals surface area contributed by atoms with E-state index in [-0.39, 0.29) is 0 Å². The molecule has 2 atom stereocenters. The maximum absolute atomic E-state index is 5.59. The molecule has 0 spiro atoms. The van der Waals surface area contributed by atoms with Crippen molar-refractivity contribution in [3.63, 3.8) is 0 Å². The Morgan fingerprint density at radius 2 is 2.05 bits per heavy atom. The molecule has 0 aromatic heterocycles. The van der Waals surface area contributed by atoms with Gasteiger partial charge in [-0.2, -0.15) is 0 Å². The van der Waals surface area contributed by atoms with E-state index in [1.54, 1.807) is 0 Å². The van der Waals surface area contributed by atoms with Crippen LogP contribution in [0.4, 0.5) is 0 Å². The summed E-state index contributed by atoms with van der Waals surface area (Å²) in [5.74, 6) is 0.598. The van der Waals surface area contributed by atoms with Gasteiger partial charge in [0.25, 0.3) is 0 Å². The average molecular weight is 327 g/mol. The van der Waals surface area contributed by atoms with Crippen molar-refractivity contribution in [2.75, 3.05) is 33.4 Å². The Balaban J connectivity index is 1.83. The minimum absolute atomic E-state index is 0.511. The molecule has 106 valence electrons. The third kappa shape index (κ3) is 4.56. The second-order valence-corrected chi connectivity index (χ2v) is 6.20. The molecule has 1 aromatic rings. The van der Waals surface area contributed by atoms with Gasteiger partial charge in [-0.25, -0.2) is 0 Å². The third-order valence-corrected chi connectivity index (χ3v) is 4.11. The van der Waals surface area contributed by atoms with Crippen LogP contribution in [-0.2, 0) is 11.3 Å². The molecule has 0 aliphatic carbocycles. The molecular formula is C15H23BrN2O. The Bertz CT molecular complexity index is 382. The zero-order valence-corrected chi connectivity index (χ0v) is 13.3. The fraction of sp³-hybridized carbons (Fsp3) is 0.600. The summed E-state index contributed by atoms with van der Waals surface area (Å²) in [4.78, 5) is 2.38. The van der Waals surface area contributed by atoms with Crippen LogP contribution >= 0.6 is 15.9 Å². The maximum Gasteiger partial charge on any atom is 0.0623 e. The van der Waals surface area contributed by atoms with Crippen molar-refractivity contribution in [2.45, 2.75) is 19.5 Å². The molecule has 1 fully saturated rings. The molecule has 1 aliphatic rings. The van der Waals surface area contributed by atoms with Crippen molar-refractivity contribution in [1.82, 2.24) is 10.2 Å². The molecule has 0 radical (unpaired) electrons. The van der Waals surface area contributed by atoms with Crippen LogP contribution < -0.4 is 5.32 Å². The van der Waals surface area contributed by atoms with Gasteiger partial charge in [-0.1, -0.05) is 35.0 Å². The summed E-state index contributed by atoms with van der Waals surface area (Å²) in [7, 11) is 2.18. The lowest BCUT2D eigenvalue weighted by molar-refractivity contribution is 0.172. The standard InChI is InChI=1S/C15H23BrN2O/c1-3-17-15-11-19-10-13(15)9-18(2)8-12-4-6-14(16)7-5-12/h4-7,13,15,17H,3,8-11H2,1-2H3. The molecule has 4 heteroatoms. The number of benzene rings is 1. The maximum atomic E-state index is 5.59. The Kier molecular flexibility index (Phi) is 5.82. The number of nitrogens with zero attached hydrogens (tertiary/aromatic N) is 1. The lowest BCUT2D eigenvalue weighted by atomic mass is 10.0. The molecular weight excluding hydrogens is 304 g/mol. The summed E-state index contributed by atoms with van der Waals surface area (Å²) in [5, 5.41) is 3.51. The van der Waals surface area contributed by atoms with Gasteiger partial charge in [0.2, 0.25) is 0 Å². The first kappa shape index (κ1) is 15.0. The molecule has 0 bridgehead atoms. The van der Waals surface area contributed by atoms with Gasteiger partial charge in [0.1, 0.15) is 0 Å². The summed E-state index contributed by atoms with van der Waals surface area (Å²) >= 11 is 3.47.